The first-order chi connectivity index (χ1) is 11.2. The predicted octanol–water partition coefficient (Wildman–Crippen LogP) is 2.92. The van der Waals surface area contributed by atoms with Gasteiger partial charge in [-0.15, -0.1) is 0 Å². The lowest BCUT2D eigenvalue weighted by atomic mass is 9.61. The molecule has 2 fully saturated rings. The van der Waals surface area contributed by atoms with E-state index in [4.69, 9.17) is 4.74 Å². The van der Waals surface area contributed by atoms with E-state index >= 15 is 0 Å². The first-order valence-electron chi connectivity index (χ1n) is 8.82. The highest BCUT2D eigenvalue weighted by Crippen LogP contribution is 2.45. The molecule has 0 bridgehead atoms. The molecule has 126 valence electrons. The third-order valence-electron chi connectivity index (χ3n) is 5.64. The van der Waals surface area contributed by atoms with Gasteiger partial charge in [0.15, 0.2) is 0 Å². The second-order valence-corrected chi connectivity index (χ2v) is 6.83. The molecule has 1 saturated heterocycles. The maximum atomic E-state index is 12.3. The van der Waals surface area contributed by atoms with Crippen molar-refractivity contribution in [3.8, 4) is 0 Å². The molecule has 4 heteroatoms. The van der Waals surface area contributed by atoms with Gasteiger partial charge in [0.05, 0.1) is 18.6 Å². The van der Waals surface area contributed by atoms with E-state index in [1.165, 1.54) is 0 Å². The van der Waals surface area contributed by atoms with Gasteiger partial charge in [0.2, 0.25) is 0 Å². The third-order valence-corrected chi connectivity index (χ3v) is 5.64. The van der Waals surface area contributed by atoms with Gasteiger partial charge in [0.1, 0.15) is 0 Å². The summed E-state index contributed by atoms with van der Waals surface area (Å²) in [6, 6.07) is 9.90. The molecule has 23 heavy (non-hydrogen) atoms. The molecule has 1 heterocycles. The summed E-state index contributed by atoms with van der Waals surface area (Å²) in [4.78, 5) is 14.7. The number of hydrogen-bond acceptors (Lipinski definition) is 3. The molecule has 1 aliphatic carbocycles. The van der Waals surface area contributed by atoms with Gasteiger partial charge < -0.3 is 9.84 Å². The van der Waals surface area contributed by atoms with Crippen LogP contribution in [0.3, 0.4) is 0 Å². The monoisotopic (exact) mass is 317 g/mol. The zero-order valence-corrected chi connectivity index (χ0v) is 13.7. The van der Waals surface area contributed by atoms with E-state index in [1.807, 2.05) is 30.3 Å². The van der Waals surface area contributed by atoms with E-state index in [1.54, 1.807) is 0 Å². The Morgan fingerprint density at radius 3 is 2.65 bits per heavy atom. The normalized spacial score (nSPS) is 29.3. The zero-order valence-electron chi connectivity index (χ0n) is 13.7. The van der Waals surface area contributed by atoms with Crippen LogP contribution in [0.4, 0.5) is 0 Å². The van der Waals surface area contributed by atoms with E-state index in [2.05, 4.69) is 4.90 Å². The Balaban J connectivity index is 1.78. The highest BCUT2D eigenvalue weighted by Gasteiger charge is 2.48. The molecule has 0 aromatic heterocycles. The van der Waals surface area contributed by atoms with Crippen LogP contribution in [0.1, 0.15) is 37.7 Å². The van der Waals surface area contributed by atoms with Gasteiger partial charge in [-0.25, -0.2) is 0 Å². The highest BCUT2D eigenvalue weighted by atomic mass is 16.5. The van der Waals surface area contributed by atoms with Crippen LogP contribution in [0.25, 0.3) is 0 Å². The minimum atomic E-state index is -0.703. The van der Waals surface area contributed by atoms with E-state index in [0.717, 1.165) is 70.5 Å². The SMILES string of the molecule is O=C(O)C1(c2ccccc2)CCCCC1CCN1CCOCC1. The van der Waals surface area contributed by atoms with Crippen LogP contribution in [0.5, 0.6) is 0 Å². The topological polar surface area (TPSA) is 49.8 Å². The molecule has 0 amide bonds. The van der Waals surface area contributed by atoms with E-state index in [-0.39, 0.29) is 5.92 Å². The van der Waals surface area contributed by atoms with E-state index in [9.17, 15) is 9.90 Å². The van der Waals surface area contributed by atoms with Crippen molar-refractivity contribution in [3.05, 3.63) is 35.9 Å². The summed E-state index contributed by atoms with van der Waals surface area (Å²) in [7, 11) is 0. The van der Waals surface area contributed by atoms with Crippen molar-refractivity contribution in [1.29, 1.82) is 0 Å². The number of rotatable bonds is 5. The number of benzene rings is 1. The molecule has 1 N–H and O–H groups in total. The van der Waals surface area contributed by atoms with Gasteiger partial charge in [0.25, 0.3) is 0 Å². The summed E-state index contributed by atoms with van der Waals surface area (Å²) in [5, 5.41) is 10.1. The first-order valence-corrected chi connectivity index (χ1v) is 8.82. The molecule has 0 spiro atoms. The number of carbonyl (C=O) groups is 1. The van der Waals surface area contributed by atoms with Crippen molar-refractivity contribution >= 4 is 5.97 Å². The van der Waals surface area contributed by atoms with Gasteiger partial charge in [-0.2, -0.15) is 0 Å². The van der Waals surface area contributed by atoms with Gasteiger partial charge in [-0.1, -0.05) is 43.2 Å². The Hall–Kier alpha value is -1.39. The Kier molecular flexibility index (Phi) is 5.34. The summed E-state index contributed by atoms with van der Waals surface area (Å²) in [6.07, 6.45) is 4.90. The standard InChI is InChI=1S/C19H27NO3/c21-18(22)19(16-6-2-1-3-7-16)10-5-4-8-17(19)9-11-20-12-14-23-15-13-20/h1-3,6-7,17H,4-5,8-15H2,(H,21,22). The Morgan fingerprint density at radius 2 is 1.96 bits per heavy atom. The minimum absolute atomic E-state index is 0.221. The molecule has 4 nitrogen and oxygen atoms in total. The van der Waals surface area contributed by atoms with Gasteiger partial charge in [-0.3, -0.25) is 9.69 Å². The number of morpholine rings is 1. The summed E-state index contributed by atoms with van der Waals surface area (Å²) in [5.74, 6) is -0.422. The second kappa shape index (κ2) is 7.45. The fourth-order valence-corrected chi connectivity index (χ4v) is 4.32. The maximum absolute atomic E-state index is 12.3. The lowest BCUT2D eigenvalue weighted by molar-refractivity contribution is -0.148. The molecule has 3 rings (SSSR count). The Morgan fingerprint density at radius 1 is 1.22 bits per heavy atom. The van der Waals surface area contributed by atoms with Crippen LogP contribution in [-0.4, -0.2) is 48.8 Å². The van der Waals surface area contributed by atoms with Crippen molar-refractivity contribution in [3.63, 3.8) is 0 Å². The molecular weight excluding hydrogens is 290 g/mol. The highest BCUT2D eigenvalue weighted by molar-refractivity contribution is 5.82. The summed E-state index contributed by atoms with van der Waals surface area (Å²) < 4.78 is 5.40. The smallest absolute Gasteiger partial charge is 0.314 e. The average Bonchev–Trinajstić information content (AvgIpc) is 2.61. The number of hydrogen-bond donors (Lipinski definition) is 1. The van der Waals surface area contributed by atoms with Gasteiger partial charge >= 0.3 is 5.97 Å². The molecule has 2 aliphatic rings. The van der Waals surface area contributed by atoms with Gasteiger partial charge in [0, 0.05) is 13.1 Å². The number of ether oxygens (including phenoxy) is 1. The lowest BCUT2D eigenvalue weighted by Gasteiger charge is -2.42. The quantitative estimate of drug-likeness (QED) is 0.907. The summed E-state index contributed by atoms with van der Waals surface area (Å²) in [5.41, 5.74) is 0.283. The first kappa shape index (κ1) is 16.5. The van der Waals surface area contributed by atoms with Gasteiger partial charge in [-0.05, 0) is 37.3 Å². The zero-order chi connectivity index (χ0) is 16.1. The Labute approximate surface area is 138 Å². The van der Waals surface area contributed by atoms with Crippen LogP contribution in [0.15, 0.2) is 30.3 Å². The van der Waals surface area contributed by atoms with Crippen LogP contribution in [-0.2, 0) is 14.9 Å². The predicted molar refractivity (Wildman–Crippen MR) is 89.6 cm³/mol. The van der Waals surface area contributed by atoms with Crippen LogP contribution in [0, 0.1) is 5.92 Å². The van der Waals surface area contributed by atoms with Crippen molar-refractivity contribution < 1.29 is 14.6 Å². The largest absolute Gasteiger partial charge is 0.481 e. The molecule has 1 aromatic rings. The Bertz CT molecular complexity index is 513. The van der Waals surface area contributed by atoms with Crippen molar-refractivity contribution in [1.82, 2.24) is 4.90 Å². The van der Waals surface area contributed by atoms with Crippen molar-refractivity contribution in [2.24, 2.45) is 5.92 Å². The van der Waals surface area contributed by atoms with Crippen molar-refractivity contribution in [2.45, 2.75) is 37.5 Å². The number of nitrogens with zero attached hydrogens (tertiary/aromatic N) is 1. The lowest BCUT2D eigenvalue weighted by Crippen LogP contribution is -2.47. The van der Waals surface area contributed by atoms with E-state index < -0.39 is 11.4 Å². The number of carboxylic acids is 1. The van der Waals surface area contributed by atoms with Crippen molar-refractivity contribution in [2.75, 3.05) is 32.8 Å². The minimum Gasteiger partial charge on any atom is -0.481 e. The fraction of sp³-hybridized carbons (Fsp3) is 0.632. The van der Waals surface area contributed by atoms with Crippen LogP contribution in [0.2, 0.25) is 0 Å². The molecule has 0 radical (unpaired) electrons. The fourth-order valence-electron chi connectivity index (χ4n) is 4.32. The van der Waals surface area contributed by atoms with Crippen LogP contribution < -0.4 is 0 Å². The molecule has 1 aromatic carbocycles. The molecule has 1 saturated carbocycles. The maximum Gasteiger partial charge on any atom is 0.314 e. The number of carboxylic acid groups (broad SMARTS) is 1. The molecule has 1 aliphatic heterocycles. The molecular formula is C19H27NO3. The van der Waals surface area contributed by atoms with E-state index in [0.29, 0.717) is 0 Å². The summed E-state index contributed by atoms with van der Waals surface area (Å²) in [6.45, 7) is 4.52. The summed E-state index contributed by atoms with van der Waals surface area (Å²) >= 11 is 0. The van der Waals surface area contributed by atoms with Crippen LogP contribution >= 0.6 is 0 Å². The average molecular weight is 317 g/mol. The second-order valence-electron chi connectivity index (χ2n) is 6.83. The number of aliphatic carboxylic acids is 1. The molecule has 2 unspecified atom stereocenters. The third kappa shape index (κ3) is 3.43. The molecule has 2 atom stereocenters.